The molecule has 0 bridgehead atoms. The molecule has 1 aliphatic heterocycles. The average molecular weight is 365 g/mol. The molecule has 0 aromatic carbocycles. The summed E-state index contributed by atoms with van der Waals surface area (Å²) in [6.45, 7) is 5.05. The standard InChI is InChI=1S/C19H28N2O3S/c1-14(2)12-20-18(23)16-13-24-19(8-4-3-5-9-19)21(16)17(22)11-15-7-6-10-25-15/h6-7,10,14,16H,3-5,8-9,11-13H2,1-2H3,(H,20,23)/t16-/m0/s1. The van der Waals surface area contributed by atoms with E-state index in [0.717, 1.165) is 30.6 Å². The molecule has 2 amide bonds. The lowest BCUT2D eigenvalue weighted by atomic mass is 9.90. The fourth-order valence-electron chi connectivity index (χ4n) is 3.82. The molecule has 5 nitrogen and oxygen atoms in total. The first-order valence-electron chi connectivity index (χ1n) is 9.28. The summed E-state index contributed by atoms with van der Waals surface area (Å²) in [5.74, 6) is 0.299. The smallest absolute Gasteiger partial charge is 0.245 e. The van der Waals surface area contributed by atoms with Crippen molar-refractivity contribution in [3.63, 3.8) is 0 Å². The van der Waals surface area contributed by atoms with E-state index in [2.05, 4.69) is 19.2 Å². The van der Waals surface area contributed by atoms with Gasteiger partial charge in [0.15, 0.2) is 0 Å². The zero-order chi connectivity index (χ0) is 17.9. The molecule has 1 spiro atoms. The molecule has 3 rings (SSSR count). The van der Waals surface area contributed by atoms with E-state index >= 15 is 0 Å². The SMILES string of the molecule is CC(C)CNC(=O)[C@@H]1COC2(CCCCC2)N1C(=O)Cc1cccs1. The molecule has 2 heterocycles. The Morgan fingerprint density at radius 3 is 2.76 bits per heavy atom. The van der Waals surface area contributed by atoms with E-state index in [1.54, 1.807) is 16.2 Å². The van der Waals surface area contributed by atoms with Crippen molar-refractivity contribution in [3.05, 3.63) is 22.4 Å². The summed E-state index contributed by atoms with van der Waals surface area (Å²) in [4.78, 5) is 28.6. The van der Waals surface area contributed by atoms with E-state index in [-0.39, 0.29) is 11.8 Å². The highest BCUT2D eigenvalue weighted by Crippen LogP contribution is 2.41. The number of nitrogens with one attached hydrogen (secondary N) is 1. The van der Waals surface area contributed by atoms with E-state index in [1.807, 2.05) is 17.5 Å². The Morgan fingerprint density at radius 1 is 1.36 bits per heavy atom. The lowest BCUT2D eigenvalue weighted by Gasteiger charge is -2.41. The first-order chi connectivity index (χ1) is 12.0. The minimum Gasteiger partial charge on any atom is -0.354 e. The topological polar surface area (TPSA) is 58.6 Å². The van der Waals surface area contributed by atoms with Gasteiger partial charge < -0.3 is 10.1 Å². The molecule has 1 atom stereocenters. The normalized spacial score (nSPS) is 22.5. The fraction of sp³-hybridized carbons (Fsp3) is 0.684. The van der Waals surface area contributed by atoms with Crippen LogP contribution in [0.25, 0.3) is 0 Å². The van der Waals surface area contributed by atoms with Gasteiger partial charge in [-0.3, -0.25) is 14.5 Å². The first kappa shape index (κ1) is 18.4. The number of hydrogen-bond donors (Lipinski definition) is 1. The third-order valence-corrected chi connectivity index (χ3v) is 5.93. The number of thiophene rings is 1. The molecule has 1 aliphatic carbocycles. The molecular weight excluding hydrogens is 336 g/mol. The summed E-state index contributed by atoms with van der Waals surface area (Å²) in [6.07, 6.45) is 5.26. The zero-order valence-corrected chi connectivity index (χ0v) is 15.9. The second kappa shape index (κ2) is 7.87. The third-order valence-electron chi connectivity index (χ3n) is 5.06. The molecule has 1 aromatic heterocycles. The lowest BCUT2D eigenvalue weighted by Crippen LogP contribution is -2.57. The molecule has 138 valence electrons. The number of carbonyl (C=O) groups excluding carboxylic acids is 2. The second-order valence-electron chi connectivity index (χ2n) is 7.49. The molecule has 0 unspecified atom stereocenters. The summed E-state index contributed by atoms with van der Waals surface area (Å²) in [5, 5.41) is 4.96. The van der Waals surface area contributed by atoms with E-state index in [4.69, 9.17) is 4.74 Å². The Balaban J connectivity index is 1.79. The van der Waals surface area contributed by atoms with Crippen molar-refractivity contribution in [1.82, 2.24) is 10.2 Å². The minimum absolute atomic E-state index is 0.00606. The molecule has 2 aliphatic rings. The van der Waals surface area contributed by atoms with Crippen molar-refractivity contribution in [1.29, 1.82) is 0 Å². The summed E-state index contributed by atoms with van der Waals surface area (Å²) >= 11 is 1.58. The van der Waals surface area contributed by atoms with Gasteiger partial charge >= 0.3 is 0 Å². The third kappa shape index (κ3) is 4.06. The molecule has 2 fully saturated rings. The van der Waals surface area contributed by atoms with Gasteiger partial charge in [0.2, 0.25) is 11.8 Å². The van der Waals surface area contributed by atoms with Gasteiger partial charge in [0, 0.05) is 11.4 Å². The van der Waals surface area contributed by atoms with Gasteiger partial charge in [0.1, 0.15) is 11.8 Å². The number of hydrogen-bond acceptors (Lipinski definition) is 4. The number of nitrogens with zero attached hydrogens (tertiary/aromatic N) is 1. The van der Waals surface area contributed by atoms with E-state index < -0.39 is 11.8 Å². The maximum atomic E-state index is 13.1. The summed E-state index contributed by atoms with van der Waals surface area (Å²) < 4.78 is 6.12. The van der Waals surface area contributed by atoms with Crippen molar-refractivity contribution in [2.24, 2.45) is 5.92 Å². The molecular formula is C19H28N2O3S. The monoisotopic (exact) mass is 364 g/mol. The second-order valence-corrected chi connectivity index (χ2v) is 8.52. The van der Waals surface area contributed by atoms with Crippen molar-refractivity contribution in [2.75, 3.05) is 13.2 Å². The van der Waals surface area contributed by atoms with Crippen LogP contribution in [0, 0.1) is 5.92 Å². The zero-order valence-electron chi connectivity index (χ0n) is 15.1. The Labute approximate surface area is 153 Å². The van der Waals surface area contributed by atoms with Crippen LogP contribution >= 0.6 is 11.3 Å². The molecule has 1 saturated carbocycles. The predicted molar refractivity (Wildman–Crippen MR) is 98.3 cm³/mol. The van der Waals surface area contributed by atoms with Crippen LogP contribution in [0.5, 0.6) is 0 Å². The number of amides is 2. The van der Waals surface area contributed by atoms with Gasteiger partial charge in [-0.1, -0.05) is 26.3 Å². The largest absolute Gasteiger partial charge is 0.354 e. The Bertz CT molecular complexity index is 594. The van der Waals surface area contributed by atoms with Gasteiger partial charge in [0.25, 0.3) is 0 Å². The van der Waals surface area contributed by atoms with Crippen molar-refractivity contribution >= 4 is 23.2 Å². The molecule has 0 radical (unpaired) electrons. The minimum atomic E-state index is -0.577. The van der Waals surface area contributed by atoms with Gasteiger partial charge in [0.05, 0.1) is 13.0 Å². The highest BCUT2D eigenvalue weighted by atomic mass is 32.1. The maximum absolute atomic E-state index is 13.1. The van der Waals surface area contributed by atoms with Crippen LogP contribution < -0.4 is 5.32 Å². The molecule has 1 saturated heterocycles. The summed E-state index contributed by atoms with van der Waals surface area (Å²) in [7, 11) is 0. The van der Waals surface area contributed by atoms with Crippen LogP contribution in [0.2, 0.25) is 0 Å². The van der Waals surface area contributed by atoms with E-state index in [1.165, 1.54) is 6.42 Å². The molecule has 1 N–H and O–H groups in total. The maximum Gasteiger partial charge on any atom is 0.245 e. The Kier molecular flexibility index (Phi) is 5.79. The predicted octanol–water partition coefficient (Wildman–Crippen LogP) is 2.95. The highest BCUT2D eigenvalue weighted by Gasteiger charge is 2.52. The van der Waals surface area contributed by atoms with Crippen LogP contribution in [0.3, 0.4) is 0 Å². The van der Waals surface area contributed by atoms with Crippen LogP contribution in [0.4, 0.5) is 0 Å². The number of ether oxygens (including phenoxy) is 1. The van der Waals surface area contributed by atoms with Crippen molar-refractivity contribution in [3.8, 4) is 0 Å². The molecule has 1 aromatic rings. The number of rotatable bonds is 5. The molecule has 6 heteroatoms. The lowest BCUT2D eigenvalue weighted by molar-refractivity contribution is -0.159. The average Bonchev–Trinajstić information content (AvgIpc) is 3.21. The Morgan fingerprint density at radius 2 is 2.12 bits per heavy atom. The van der Waals surface area contributed by atoms with Gasteiger partial charge in [-0.2, -0.15) is 0 Å². The van der Waals surface area contributed by atoms with Crippen LogP contribution in [-0.4, -0.2) is 41.6 Å². The van der Waals surface area contributed by atoms with Crippen molar-refractivity contribution in [2.45, 2.75) is 64.1 Å². The van der Waals surface area contributed by atoms with Gasteiger partial charge in [-0.15, -0.1) is 11.3 Å². The quantitative estimate of drug-likeness (QED) is 0.874. The Hall–Kier alpha value is -1.40. The number of carbonyl (C=O) groups is 2. The van der Waals surface area contributed by atoms with Gasteiger partial charge in [-0.25, -0.2) is 0 Å². The molecule has 25 heavy (non-hydrogen) atoms. The van der Waals surface area contributed by atoms with Crippen LogP contribution in [-0.2, 0) is 20.7 Å². The van der Waals surface area contributed by atoms with Crippen LogP contribution in [0.1, 0.15) is 50.8 Å². The van der Waals surface area contributed by atoms with Crippen molar-refractivity contribution < 1.29 is 14.3 Å². The highest BCUT2D eigenvalue weighted by molar-refractivity contribution is 7.10. The fourth-order valence-corrected chi connectivity index (χ4v) is 4.51. The van der Waals surface area contributed by atoms with Crippen LogP contribution in [0.15, 0.2) is 17.5 Å². The van der Waals surface area contributed by atoms with E-state index in [9.17, 15) is 9.59 Å². The van der Waals surface area contributed by atoms with Gasteiger partial charge in [-0.05, 0) is 43.0 Å². The summed E-state index contributed by atoms with van der Waals surface area (Å²) in [5.41, 5.74) is -0.577. The summed E-state index contributed by atoms with van der Waals surface area (Å²) in [6, 6.07) is 3.42. The van der Waals surface area contributed by atoms with E-state index in [0.29, 0.717) is 25.5 Å². The first-order valence-corrected chi connectivity index (χ1v) is 10.2.